The summed E-state index contributed by atoms with van der Waals surface area (Å²) < 4.78 is 1.72. The van der Waals surface area contributed by atoms with Crippen molar-refractivity contribution in [2.45, 2.75) is 58.3 Å². The van der Waals surface area contributed by atoms with Gasteiger partial charge in [0.15, 0.2) is 5.82 Å². The molecule has 0 aliphatic heterocycles. The number of thiazole rings is 1. The minimum atomic E-state index is 0.0367. The standard InChI is InChI=1S/C21H27N3OS2/c1-2-3-4-5-6-7-8-11-14-27-21(25)24-19-13-10-9-12-17(19)23-20(24)18-15-26-16-22-18/h9-10,12-13,15-16H,2-8,11,14H2,1H3. The summed E-state index contributed by atoms with van der Waals surface area (Å²) in [5, 5.41) is 1.98. The van der Waals surface area contributed by atoms with Gasteiger partial charge in [-0.15, -0.1) is 11.3 Å². The third-order valence-corrected chi connectivity index (χ3v) is 6.14. The molecule has 0 aliphatic carbocycles. The van der Waals surface area contributed by atoms with E-state index in [-0.39, 0.29) is 5.24 Å². The van der Waals surface area contributed by atoms with Crippen molar-refractivity contribution in [2.75, 3.05) is 5.75 Å². The van der Waals surface area contributed by atoms with E-state index >= 15 is 0 Å². The Morgan fingerprint density at radius 1 is 1.07 bits per heavy atom. The quantitative estimate of drug-likeness (QED) is 0.343. The van der Waals surface area contributed by atoms with E-state index in [0.29, 0.717) is 5.82 Å². The summed E-state index contributed by atoms with van der Waals surface area (Å²) in [6, 6.07) is 7.79. The first kappa shape index (κ1) is 20.1. The summed E-state index contributed by atoms with van der Waals surface area (Å²) in [4.78, 5) is 21.9. The van der Waals surface area contributed by atoms with Crippen LogP contribution in [-0.4, -0.2) is 25.5 Å². The first-order valence-electron chi connectivity index (χ1n) is 9.84. The van der Waals surface area contributed by atoms with E-state index in [1.54, 1.807) is 10.1 Å². The molecule has 2 heterocycles. The molecule has 0 spiro atoms. The fourth-order valence-corrected chi connectivity index (χ4v) is 4.53. The molecule has 0 saturated carbocycles. The largest absolute Gasteiger partial charge is 0.291 e. The number of carbonyl (C=O) groups excluding carboxylic acids is 1. The zero-order valence-corrected chi connectivity index (χ0v) is 17.5. The molecule has 0 fully saturated rings. The van der Waals surface area contributed by atoms with E-state index in [0.717, 1.165) is 28.9 Å². The number of thioether (sulfide) groups is 1. The van der Waals surface area contributed by atoms with Gasteiger partial charge in [-0.1, -0.05) is 75.8 Å². The molecule has 3 aromatic rings. The van der Waals surface area contributed by atoms with Crippen LogP contribution in [0.25, 0.3) is 22.6 Å². The van der Waals surface area contributed by atoms with Gasteiger partial charge in [0.2, 0.25) is 0 Å². The number of carbonyl (C=O) groups is 1. The molecule has 4 nitrogen and oxygen atoms in total. The van der Waals surface area contributed by atoms with E-state index in [2.05, 4.69) is 16.9 Å². The zero-order valence-electron chi connectivity index (χ0n) is 15.9. The van der Waals surface area contributed by atoms with E-state index in [1.165, 1.54) is 68.0 Å². The van der Waals surface area contributed by atoms with Gasteiger partial charge >= 0.3 is 0 Å². The van der Waals surface area contributed by atoms with Crippen LogP contribution in [0.2, 0.25) is 0 Å². The minimum absolute atomic E-state index is 0.0367. The molecule has 0 unspecified atom stereocenters. The minimum Gasteiger partial charge on any atom is -0.261 e. The van der Waals surface area contributed by atoms with Crippen LogP contribution >= 0.6 is 23.1 Å². The molecule has 0 amide bonds. The van der Waals surface area contributed by atoms with E-state index in [4.69, 9.17) is 0 Å². The van der Waals surface area contributed by atoms with Gasteiger partial charge in [0, 0.05) is 11.1 Å². The summed E-state index contributed by atoms with van der Waals surface area (Å²) in [5.74, 6) is 1.50. The highest BCUT2D eigenvalue weighted by atomic mass is 32.2. The third kappa shape index (κ3) is 5.42. The lowest BCUT2D eigenvalue weighted by Crippen LogP contribution is -2.08. The van der Waals surface area contributed by atoms with Gasteiger partial charge in [0.1, 0.15) is 5.69 Å². The smallest absolute Gasteiger partial charge is 0.261 e. The van der Waals surface area contributed by atoms with E-state index in [9.17, 15) is 4.79 Å². The average Bonchev–Trinajstić information content (AvgIpc) is 3.33. The van der Waals surface area contributed by atoms with Crippen LogP contribution in [0, 0.1) is 0 Å². The zero-order chi connectivity index (χ0) is 18.9. The average molecular weight is 402 g/mol. The second-order valence-electron chi connectivity index (χ2n) is 6.72. The molecule has 6 heteroatoms. The number of rotatable bonds is 10. The van der Waals surface area contributed by atoms with Gasteiger partial charge in [-0.25, -0.2) is 9.97 Å². The number of benzene rings is 1. The summed E-state index contributed by atoms with van der Waals surface area (Å²) in [5.41, 5.74) is 4.23. The number of hydrogen-bond donors (Lipinski definition) is 0. The Balaban J connectivity index is 1.55. The number of hydrogen-bond acceptors (Lipinski definition) is 5. The summed E-state index contributed by atoms with van der Waals surface area (Å²) in [6.07, 6.45) is 10.2. The first-order chi connectivity index (χ1) is 13.3. The van der Waals surface area contributed by atoms with Crippen molar-refractivity contribution in [3.63, 3.8) is 0 Å². The number of imidazole rings is 1. The fourth-order valence-electron chi connectivity index (χ4n) is 3.17. The SMILES string of the molecule is CCCCCCCCCCSC(=O)n1c(-c2cscn2)nc2ccccc21. The molecule has 0 saturated heterocycles. The lowest BCUT2D eigenvalue weighted by atomic mass is 10.1. The molecule has 1 aromatic carbocycles. The van der Waals surface area contributed by atoms with Crippen molar-refractivity contribution in [2.24, 2.45) is 0 Å². The van der Waals surface area contributed by atoms with Gasteiger partial charge in [-0.05, 0) is 18.6 Å². The van der Waals surface area contributed by atoms with Gasteiger partial charge in [-0.2, -0.15) is 0 Å². The highest BCUT2D eigenvalue weighted by Crippen LogP contribution is 2.27. The van der Waals surface area contributed by atoms with Crippen molar-refractivity contribution >= 4 is 39.4 Å². The summed E-state index contributed by atoms with van der Waals surface area (Å²) in [6.45, 7) is 2.25. The second-order valence-corrected chi connectivity index (χ2v) is 8.49. The van der Waals surface area contributed by atoms with E-state index < -0.39 is 0 Å². The Bertz CT molecular complexity index is 842. The molecule has 0 radical (unpaired) electrons. The van der Waals surface area contributed by atoms with Gasteiger partial charge < -0.3 is 0 Å². The van der Waals surface area contributed by atoms with Crippen LogP contribution in [-0.2, 0) is 0 Å². The Morgan fingerprint density at radius 2 is 1.81 bits per heavy atom. The number of nitrogens with zero attached hydrogens (tertiary/aromatic N) is 3. The lowest BCUT2D eigenvalue weighted by molar-refractivity contribution is 0.263. The molecule has 2 aromatic heterocycles. The molecule has 27 heavy (non-hydrogen) atoms. The highest BCUT2D eigenvalue weighted by molar-refractivity contribution is 8.13. The van der Waals surface area contributed by atoms with Crippen molar-refractivity contribution < 1.29 is 4.79 Å². The molecule has 144 valence electrons. The highest BCUT2D eigenvalue weighted by Gasteiger charge is 2.19. The predicted molar refractivity (Wildman–Crippen MR) is 117 cm³/mol. The van der Waals surface area contributed by atoms with Crippen LogP contribution in [0.4, 0.5) is 4.79 Å². The molecule has 3 rings (SSSR count). The molecule has 0 bridgehead atoms. The number of para-hydroxylation sites is 2. The summed E-state index contributed by atoms with van der Waals surface area (Å²) in [7, 11) is 0. The number of aromatic nitrogens is 3. The van der Waals surface area contributed by atoms with Crippen molar-refractivity contribution in [1.29, 1.82) is 0 Å². The van der Waals surface area contributed by atoms with Crippen molar-refractivity contribution in [1.82, 2.24) is 14.5 Å². The van der Waals surface area contributed by atoms with Crippen LogP contribution in [0.3, 0.4) is 0 Å². The summed E-state index contributed by atoms with van der Waals surface area (Å²) >= 11 is 2.91. The van der Waals surface area contributed by atoms with Gasteiger partial charge in [0.05, 0.1) is 16.5 Å². The van der Waals surface area contributed by atoms with E-state index in [1.807, 2.05) is 29.6 Å². The van der Waals surface area contributed by atoms with Crippen molar-refractivity contribution in [3.05, 3.63) is 35.2 Å². The molecule has 0 atom stereocenters. The van der Waals surface area contributed by atoms with Crippen LogP contribution in [0.5, 0.6) is 0 Å². The van der Waals surface area contributed by atoms with Crippen LogP contribution < -0.4 is 0 Å². The maximum atomic E-state index is 12.9. The Kier molecular flexibility index (Phi) is 7.90. The number of fused-ring (bicyclic) bond motifs is 1. The maximum absolute atomic E-state index is 12.9. The second kappa shape index (κ2) is 10.6. The number of unbranched alkanes of at least 4 members (excludes halogenated alkanes) is 7. The van der Waals surface area contributed by atoms with Gasteiger partial charge in [0.25, 0.3) is 5.24 Å². The Hall–Kier alpha value is -1.66. The molecular formula is C21H27N3OS2. The van der Waals surface area contributed by atoms with Crippen molar-refractivity contribution in [3.8, 4) is 11.5 Å². The monoisotopic (exact) mass is 401 g/mol. The predicted octanol–water partition coefficient (Wildman–Crippen LogP) is 7.00. The Labute approximate surface area is 169 Å². The normalized spacial score (nSPS) is 11.3. The maximum Gasteiger partial charge on any atom is 0.291 e. The third-order valence-electron chi connectivity index (χ3n) is 4.63. The first-order valence-corrected chi connectivity index (χ1v) is 11.8. The molecule has 0 N–H and O–H groups in total. The fraction of sp³-hybridized carbons (Fsp3) is 0.476. The molecular weight excluding hydrogens is 374 g/mol. The Morgan fingerprint density at radius 3 is 2.56 bits per heavy atom. The van der Waals surface area contributed by atoms with Crippen LogP contribution in [0.1, 0.15) is 58.3 Å². The van der Waals surface area contributed by atoms with Crippen LogP contribution in [0.15, 0.2) is 35.2 Å². The lowest BCUT2D eigenvalue weighted by Gasteiger charge is -2.06. The van der Waals surface area contributed by atoms with Gasteiger partial charge in [-0.3, -0.25) is 9.36 Å². The molecule has 0 aliphatic rings. The topological polar surface area (TPSA) is 47.8 Å².